The molecule has 0 radical (unpaired) electrons. The Balaban J connectivity index is 1.88. The number of amides is 2. The lowest BCUT2D eigenvalue weighted by Gasteiger charge is -2.39. The third-order valence-electron chi connectivity index (χ3n) is 4.36. The van der Waals surface area contributed by atoms with Crippen LogP contribution < -0.4 is 4.90 Å². The molecular formula is C16H22N2O. The maximum atomic E-state index is 12.8. The van der Waals surface area contributed by atoms with E-state index in [4.69, 9.17) is 0 Å². The number of aryl methyl sites for hydroxylation is 1. The molecule has 1 saturated heterocycles. The Bertz CT molecular complexity index is 466. The van der Waals surface area contributed by atoms with Crippen molar-refractivity contribution in [3.8, 4) is 0 Å². The van der Waals surface area contributed by atoms with Crippen molar-refractivity contribution >= 4 is 11.7 Å². The average Bonchev–Trinajstić information content (AvgIpc) is 2.47. The molecule has 0 N–H and O–H groups in total. The van der Waals surface area contributed by atoms with Crippen molar-refractivity contribution in [2.45, 2.75) is 45.1 Å². The molecule has 2 heterocycles. The van der Waals surface area contributed by atoms with Crippen LogP contribution in [-0.4, -0.2) is 30.1 Å². The number of piperidine rings is 1. The van der Waals surface area contributed by atoms with Gasteiger partial charge in [0, 0.05) is 24.8 Å². The Morgan fingerprint density at radius 3 is 2.68 bits per heavy atom. The third kappa shape index (κ3) is 2.34. The minimum atomic E-state index is 0.208. The number of fused-ring (bicyclic) bond motifs is 1. The van der Waals surface area contributed by atoms with Crippen molar-refractivity contribution in [3.05, 3.63) is 29.8 Å². The first-order valence-electron chi connectivity index (χ1n) is 7.43. The number of nitrogens with zero attached hydrogens (tertiary/aromatic N) is 2. The van der Waals surface area contributed by atoms with E-state index >= 15 is 0 Å². The molecule has 0 bridgehead atoms. The van der Waals surface area contributed by atoms with E-state index in [0.717, 1.165) is 44.5 Å². The van der Waals surface area contributed by atoms with Gasteiger partial charge in [-0.05, 0) is 50.7 Å². The molecule has 3 rings (SSSR count). The molecule has 0 saturated carbocycles. The summed E-state index contributed by atoms with van der Waals surface area (Å²) in [6.45, 7) is 4.01. The van der Waals surface area contributed by atoms with Gasteiger partial charge in [-0.15, -0.1) is 0 Å². The summed E-state index contributed by atoms with van der Waals surface area (Å²) < 4.78 is 0. The summed E-state index contributed by atoms with van der Waals surface area (Å²) in [6.07, 6.45) is 5.71. The summed E-state index contributed by atoms with van der Waals surface area (Å²) in [4.78, 5) is 16.8. The lowest BCUT2D eigenvalue weighted by Crippen LogP contribution is -2.50. The highest BCUT2D eigenvalue weighted by Gasteiger charge is 2.31. The predicted molar refractivity (Wildman–Crippen MR) is 77.5 cm³/mol. The molecule has 0 spiro atoms. The van der Waals surface area contributed by atoms with Gasteiger partial charge in [0.05, 0.1) is 0 Å². The molecule has 102 valence electrons. The zero-order valence-corrected chi connectivity index (χ0v) is 11.6. The first kappa shape index (κ1) is 12.5. The third-order valence-corrected chi connectivity index (χ3v) is 4.36. The monoisotopic (exact) mass is 258 g/mol. The summed E-state index contributed by atoms with van der Waals surface area (Å²) >= 11 is 0. The topological polar surface area (TPSA) is 23.6 Å². The van der Waals surface area contributed by atoms with Gasteiger partial charge < -0.3 is 4.90 Å². The molecular weight excluding hydrogens is 236 g/mol. The zero-order chi connectivity index (χ0) is 13.2. The maximum absolute atomic E-state index is 12.8. The first-order valence-corrected chi connectivity index (χ1v) is 7.43. The van der Waals surface area contributed by atoms with Gasteiger partial charge >= 0.3 is 6.03 Å². The second-order valence-electron chi connectivity index (χ2n) is 5.72. The Morgan fingerprint density at radius 1 is 1.16 bits per heavy atom. The number of hydrogen-bond acceptors (Lipinski definition) is 1. The number of likely N-dealkylation sites (tertiary alicyclic amines) is 1. The van der Waals surface area contributed by atoms with Gasteiger partial charge in [-0.25, -0.2) is 4.79 Å². The van der Waals surface area contributed by atoms with Gasteiger partial charge in [-0.1, -0.05) is 18.2 Å². The van der Waals surface area contributed by atoms with Gasteiger partial charge in [0.1, 0.15) is 0 Å². The smallest absolute Gasteiger partial charge is 0.324 e. The van der Waals surface area contributed by atoms with Gasteiger partial charge in [0.15, 0.2) is 0 Å². The summed E-state index contributed by atoms with van der Waals surface area (Å²) in [5.41, 5.74) is 2.43. The maximum Gasteiger partial charge on any atom is 0.324 e. The number of anilines is 1. The van der Waals surface area contributed by atoms with E-state index in [9.17, 15) is 4.79 Å². The van der Waals surface area contributed by atoms with E-state index in [1.807, 2.05) is 15.9 Å². The van der Waals surface area contributed by atoms with E-state index in [1.54, 1.807) is 0 Å². The van der Waals surface area contributed by atoms with Crippen molar-refractivity contribution < 1.29 is 4.79 Å². The molecule has 2 amide bonds. The average molecular weight is 258 g/mol. The summed E-state index contributed by atoms with van der Waals surface area (Å²) in [5, 5.41) is 0. The highest BCUT2D eigenvalue weighted by atomic mass is 16.2. The van der Waals surface area contributed by atoms with Crippen LogP contribution in [0.2, 0.25) is 0 Å². The summed E-state index contributed by atoms with van der Waals surface area (Å²) in [5.74, 6) is 0. The van der Waals surface area contributed by atoms with Crippen LogP contribution in [0.5, 0.6) is 0 Å². The van der Waals surface area contributed by atoms with Crippen LogP contribution in [0.1, 0.15) is 38.2 Å². The minimum absolute atomic E-state index is 0.208. The predicted octanol–water partition coefficient (Wildman–Crippen LogP) is 3.43. The molecule has 2 aliphatic heterocycles. The molecule has 1 aromatic rings. The van der Waals surface area contributed by atoms with Crippen LogP contribution in [0.3, 0.4) is 0 Å². The van der Waals surface area contributed by atoms with Crippen molar-refractivity contribution in [1.29, 1.82) is 0 Å². The highest BCUT2D eigenvalue weighted by Crippen LogP contribution is 2.31. The summed E-state index contributed by atoms with van der Waals surface area (Å²) in [6, 6.07) is 8.86. The van der Waals surface area contributed by atoms with Crippen LogP contribution in [0.4, 0.5) is 10.5 Å². The molecule has 0 aromatic heterocycles. The van der Waals surface area contributed by atoms with Crippen LogP contribution in [-0.2, 0) is 6.42 Å². The Hall–Kier alpha value is -1.51. The van der Waals surface area contributed by atoms with Crippen LogP contribution in [0, 0.1) is 0 Å². The quantitative estimate of drug-likeness (QED) is 0.699. The highest BCUT2D eigenvalue weighted by molar-refractivity contribution is 5.94. The zero-order valence-electron chi connectivity index (χ0n) is 11.6. The van der Waals surface area contributed by atoms with E-state index < -0.39 is 0 Å². The van der Waals surface area contributed by atoms with Gasteiger partial charge in [0.2, 0.25) is 0 Å². The SMILES string of the molecule is CC1CCc2ccccc2N1C(=O)N1CCCCC1. The minimum Gasteiger partial charge on any atom is -0.324 e. The van der Waals surface area contributed by atoms with Crippen LogP contribution >= 0.6 is 0 Å². The van der Waals surface area contributed by atoms with Crippen molar-refractivity contribution in [3.63, 3.8) is 0 Å². The fourth-order valence-electron chi connectivity index (χ4n) is 3.22. The van der Waals surface area contributed by atoms with Gasteiger partial charge in [-0.3, -0.25) is 4.90 Å². The van der Waals surface area contributed by atoms with Gasteiger partial charge in [0.25, 0.3) is 0 Å². The fourth-order valence-corrected chi connectivity index (χ4v) is 3.22. The number of urea groups is 1. The van der Waals surface area contributed by atoms with Gasteiger partial charge in [-0.2, -0.15) is 0 Å². The Morgan fingerprint density at radius 2 is 1.89 bits per heavy atom. The van der Waals surface area contributed by atoms with E-state index in [1.165, 1.54) is 12.0 Å². The lowest BCUT2D eigenvalue weighted by molar-refractivity contribution is 0.190. The molecule has 1 aromatic carbocycles. The number of rotatable bonds is 0. The molecule has 0 aliphatic carbocycles. The second-order valence-corrected chi connectivity index (χ2v) is 5.72. The van der Waals surface area contributed by atoms with E-state index in [2.05, 4.69) is 25.1 Å². The Labute approximate surface area is 115 Å². The number of para-hydroxylation sites is 1. The number of carbonyl (C=O) groups is 1. The Kier molecular flexibility index (Phi) is 3.45. The molecule has 1 fully saturated rings. The molecule has 2 aliphatic rings. The normalized spacial score (nSPS) is 23.1. The van der Waals surface area contributed by atoms with Crippen LogP contribution in [0.15, 0.2) is 24.3 Å². The number of benzene rings is 1. The fraction of sp³-hybridized carbons (Fsp3) is 0.562. The summed E-state index contributed by atoms with van der Waals surface area (Å²) in [7, 11) is 0. The molecule has 3 nitrogen and oxygen atoms in total. The molecule has 1 atom stereocenters. The molecule has 3 heteroatoms. The van der Waals surface area contributed by atoms with Crippen molar-refractivity contribution in [2.75, 3.05) is 18.0 Å². The van der Waals surface area contributed by atoms with Crippen molar-refractivity contribution in [1.82, 2.24) is 4.90 Å². The van der Waals surface area contributed by atoms with E-state index in [0.29, 0.717) is 6.04 Å². The van der Waals surface area contributed by atoms with Crippen molar-refractivity contribution in [2.24, 2.45) is 0 Å². The molecule has 19 heavy (non-hydrogen) atoms. The number of carbonyl (C=O) groups excluding carboxylic acids is 1. The van der Waals surface area contributed by atoms with Crippen LogP contribution in [0.25, 0.3) is 0 Å². The largest absolute Gasteiger partial charge is 0.324 e. The first-order chi connectivity index (χ1) is 9.27. The number of hydrogen-bond donors (Lipinski definition) is 0. The van der Waals surface area contributed by atoms with E-state index in [-0.39, 0.29) is 6.03 Å². The standard InChI is InChI=1S/C16H22N2O/c1-13-9-10-14-7-3-4-8-15(14)18(13)16(19)17-11-5-2-6-12-17/h3-4,7-8,13H,2,5-6,9-12H2,1H3. The second kappa shape index (κ2) is 5.24. The lowest BCUT2D eigenvalue weighted by atomic mass is 9.97. The molecule has 1 unspecified atom stereocenters.